The Bertz CT molecular complexity index is 794. The van der Waals surface area contributed by atoms with Crippen LogP contribution in [0.25, 0.3) is 0 Å². The molecule has 0 fully saturated rings. The molecule has 2 amide bonds. The second-order valence-electron chi connectivity index (χ2n) is 5.18. The summed E-state index contributed by atoms with van der Waals surface area (Å²) in [6.45, 7) is 2.78. The molecule has 2 aromatic rings. The molecule has 0 radical (unpaired) electrons. The van der Waals surface area contributed by atoms with Crippen LogP contribution in [0.3, 0.4) is 0 Å². The molecular weight excluding hydrogens is 337 g/mol. The average molecular weight is 352 g/mol. The van der Waals surface area contributed by atoms with Crippen LogP contribution in [0, 0.1) is 17.5 Å². The molecule has 0 spiro atoms. The highest BCUT2D eigenvalue weighted by molar-refractivity contribution is 5.94. The summed E-state index contributed by atoms with van der Waals surface area (Å²) in [6.07, 6.45) is -1.03. The normalized spacial score (nSPS) is 11.6. The van der Waals surface area contributed by atoms with Crippen molar-refractivity contribution in [3.63, 3.8) is 0 Å². The van der Waals surface area contributed by atoms with Gasteiger partial charge in [0.2, 0.25) is 5.91 Å². The summed E-state index contributed by atoms with van der Waals surface area (Å²) >= 11 is 0. The predicted molar refractivity (Wildman–Crippen MR) is 85.8 cm³/mol. The van der Waals surface area contributed by atoms with Gasteiger partial charge in [0.1, 0.15) is 5.75 Å². The van der Waals surface area contributed by atoms with Crippen LogP contribution in [0.2, 0.25) is 0 Å². The molecule has 0 saturated carbocycles. The van der Waals surface area contributed by atoms with Crippen molar-refractivity contribution in [3.05, 3.63) is 53.8 Å². The topological polar surface area (TPSA) is 67.4 Å². The Labute approximate surface area is 141 Å². The van der Waals surface area contributed by atoms with E-state index in [1.807, 2.05) is 0 Å². The highest BCUT2D eigenvalue weighted by Crippen LogP contribution is 2.21. The lowest BCUT2D eigenvalue weighted by Gasteiger charge is -2.15. The molecule has 8 heteroatoms. The summed E-state index contributed by atoms with van der Waals surface area (Å²) in [5, 5.41) is 4.71. The Morgan fingerprint density at radius 2 is 1.60 bits per heavy atom. The molecule has 5 nitrogen and oxygen atoms in total. The van der Waals surface area contributed by atoms with Gasteiger partial charge in [-0.15, -0.1) is 0 Å². The Balaban J connectivity index is 2.01. The van der Waals surface area contributed by atoms with Crippen LogP contribution in [0.5, 0.6) is 5.75 Å². The lowest BCUT2D eigenvalue weighted by Crippen LogP contribution is -2.30. The van der Waals surface area contributed by atoms with Crippen molar-refractivity contribution in [1.29, 1.82) is 0 Å². The SMILES string of the molecule is CC(=O)Nc1ccc(O[C@H](C)C(=O)Nc2ccc(F)c(F)c2F)cc1. The number of carbonyl (C=O) groups excluding carboxylic acids is 2. The fourth-order valence-electron chi connectivity index (χ4n) is 1.93. The number of carbonyl (C=O) groups is 2. The Kier molecular flexibility index (Phi) is 5.63. The number of benzene rings is 2. The molecule has 0 heterocycles. The third-order valence-corrected chi connectivity index (χ3v) is 3.15. The second kappa shape index (κ2) is 7.69. The number of hydrogen-bond acceptors (Lipinski definition) is 3. The van der Waals surface area contributed by atoms with Gasteiger partial charge in [0, 0.05) is 12.6 Å². The first-order valence-corrected chi connectivity index (χ1v) is 7.26. The minimum absolute atomic E-state index is 0.227. The van der Waals surface area contributed by atoms with Gasteiger partial charge in [-0.25, -0.2) is 13.2 Å². The van der Waals surface area contributed by atoms with Crippen molar-refractivity contribution in [2.45, 2.75) is 20.0 Å². The van der Waals surface area contributed by atoms with E-state index in [1.165, 1.54) is 26.0 Å². The lowest BCUT2D eigenvalue weighted by molar-refractivity contribution is -0.122. The fourth-order valence-corrected chi connectivity index (χ4v) is 1.93. The average Bonchev–Trinajstić information content (AvgIpc) is 2.56. The maximum absolute atomic E-state index is 13.6. The first kappa shape index (κ1) is 18.3. The van der Waals surface area contributed by atoms with Crippen molar-refractivity contribution < 1.29 is 27.5 Å². The zero-order chi connectivity index (χ0) is 18.6. The number of anilines is 2. The van der Waals surface area contributed by atoms with Crippen LogP contribution in [-0.2, 0) is 9.59 Å². The molecule has 25 heavy (non-hydrogen) atoms. The molecule has 0 bridgehead atoms. The zero-order valence-corrected chi connectivity index (χ0v) is 13.4. The summed E-state index contributed by atoms with van der Waals surface area (Å²) in [5.74, 6) is -5.13. The van der Waals surface area contributed by atoms with Crippen LogP contribution in [0.15, 0.2) is 36.4 Å². The Morgan fingerprint density at radius 1 is 0.960 bits per heavy atom. The molecule has 2 aromatic carbocycles. The highest BCUT2D eigenvalue weighted by Gasteiger charge is 2.19. The van der Waals surface area contributed by atoms with Crippen LogP contribution in [-0.4, -0.2) is 17.9 Å². The molecule has 2 N–H and O–H groups in total. The van der Waals surface area contributed by atoms with E-state index in [1.54, 1.807) is 12.1 Å². The van der Waals surface area contributed by atoms with Gasteiger partial charge in [-0.05, 0) is 43.3 Å². The van der Waals surface area contributed by atoms with Gasteiger partial charge >= 0.3 is 0 Å². The zero-order valence-electron chi connectivity index (χ0n) is 13.4. The summed E-state index contributed by atoms with van der Waals surface area (Å²) in [4.78, 5) is 22.9. The van der Waals surface area contributed by atoms with Gasteiger partial charge < -0.3 is 15.4 Å². The number of ether oxygens (including phenoxy) is 1. The second-order valence-corrected chi connectivity index (χ2v) is 5.18. The van der Waals surface area contributed by atoms with Gasteiger partial charge in [0.25, 0.3) is 5.91 Å². The van der Waals surface area contributed by atoms with E-state index >= 15 is 0 Å². The third-order valence-electron chi connectivity index (χ3n) is 3.15. The predicted octanol–water partition coefficient (Wildman–Crippen LogP) is 3.47. The molecule has 0 aliphatic rings. The molecule has 0 aliphatic carbocycles. The van der Waals surface area contributed by atoms with E-state index in [-0.39, 0.29) is 5.91 Å². The summed E-state index contributed by atoms with van der Waals surface area (Å²) in [6, 6.07) is 7.86. The number of amides is 2. The monoisotopic (exact) mass is 352 g/mol. The van der Waals surface area contributed by atoms with E-state index in [4.69, 9.17) is 4.74 Å². The molecule has 0 saturated heterocycles. The number of nitrogens with one attached hydrogen (secondary N) is 2. The molecule has 0 unspecified atom stereocenters. The Hall–Kier alpha value is -3.03. The van der Waals surface area contributed by atoms with Gasteiger partial charge in [-0.2, -0.15) is 0 Å². The van der Waals surface area contributed by atoms with Crippen molar-refractivity contribution in [2.75, 3.05) is 10.6 Å². The maximum atomic E-state index is 13.6. The van der Waals surface area contributed by atoms with Crippen LogP contribution >= 0.6 is 0 Å². The Morgan fingerprint density at radius 3 is 2.20 bits per heavy atom. The fraction of sp³-hybridized carbons (Fsp3) is 0.176. The van der Waals surface area contributed by atoms with E-state index < -0.39 is 35.2 Å². The van der Waals surface area contributed by atoms with Gasteiger partial charge in [0.15, 0.2) is 23.6 Å². The first-order valence-electron chi connectivity index (χ1n) is 7.26. The molecule has 132 valence electrons. The molecular formula is C17H15F3N2O3. The summed E-state index contributed by atoms with van der Waals surface area (Å²) in [7, 11) is 0. The van der Waals surface area contributed by atoms with Gasteiger partial charge in [-0.1, -0.05) is 0 Å². The van der Waals surface area contributed by atoms with E-state index in [0.29, 0.717) is 17.5 Å². The van der Waals surface area contributed by atoms with E-state index in [9.17, 15) is 22.8 Å². The number of halogens is 3. The molecule has 2 rings (SSSR count). The molecule has 0 aromatic heterocycles. The van der Waals surface area contributed by atoms with Gasteiger partial charge in [0.05, 0.1) is 5.69 Å². The lowest BCUT2D eigenvalue weighted by atomic mass is 10.2. The quantitative estimate of drug-likeness (QED) is 0.810. The largest absolute Gasteiger partial charge is 0.481 e. The van der Waals surface area contributed by atoms with Crippen LogP contribution in [0.4, 0.5) is 24.5 Å². The van der Waals surface area contributed by atoms with Crippen molar-refractivity contribution in [3.8, 4) is 5.75 Å². The van der Waals surface area contributed by atoms with Gasteiger partial charge in [-0.3, -0.25) is 9.59 Å². The van der Waals surface area contributed by atoms with Crippen LogP contribution < -0.4 is 15.4 Å². The highest BCUT2D eigenvalue weighted by atomic mass is 19.2. The van der Waals surface area contributed by atoms with E-state index in [2.05, 4.69) is 10.6 Å². The van der Waals surface area contributed by atoms with Crippen molar-refractivity contribution >= 4 is 23.2 Å². The molecule has 0 aliphatic heterocycles. The minimum Gasteiger partial charge on any atom is -0.481 e. The number of hydrogen-bond donors (Lipinski definition) is 2. The smallest absolute Gasteiger partial charge is 0.265 e. The maximum Gasteiger partial charge on any atom is 0.265 e. The molecule has 1 atom stereocenters. The van der Waals surface area contributed by atoms with Crippen LogP contribution in [0.1, 0.15) is 13.8 Å². The summed E-state index contributed by atoms with van der Waals surface area (Å²) < 4.78 is 45.0. The first-order chi connectivity index (χ1) is 11.8. The van der Waals surface area contributed by atoms with E-state index in [0.717, 1.165) is 6.07 Å². The van der Waals surface area contributed by atoms with Crippen molar-refractivity contribution in [2.24, 2.45) is 0 Å². The number of rotatable bonds is 5. The summed E-state index contributed by atoms with van der Waals surface area (Å²) in [5.41, 5.74) is 0.0705. The third kappa shape index (κ3) is 4.72. The minimum atomic E-state index is -1.67. The standard InChI is InChI=1S/C17H15F3N2O3/c1-9(25-12-5-3-11(4-6-12)21-10(2)23)17(24)22-14-8-7-13(18)15(19)16(14)20/h3-9H,1-2H3,(H,21,23)(H,22,24)/t9-/m1/s1. The van der Waals surface area contributed by atoms with Crippen molar-refractivity contribution in [1.82, 2.24) is 0 Å².